The van der Waals surface area contributed by atoms with Gasteiger partial charge >= 0.3 is 0 Å². The first kappa shape index (κ1) is 15.8. The van der Waals surface area contributed by atoms with Crippen LogP contribution in [-0.2, 0) is 19.7 Å². The van der Waals surface area contributed by atoms with E-state index in [0.717, 1.165) is 58.9 Å². The number of nitrogens with zero attached hydrogens (tertiary/aromatic N) is 3. The predicted octanol–water partition coefficient (Wildman–Crippen LogP) is 2.26. The summed E-state index contributed by atoms with van der Waals surface area (Å²) in [4.78, 5) is 10.8. The summed E-state index contributed by atoms with van der Waals surface area (Å²) in [6.45, 7) is 6.01. The topological polar surface area (TPSA) is 47.9 Å². The molecule has 7 heteroatoms. The largest absolute Gasteiger partial charge is 0.353 e. The second-order valence-corrected chi connectivity index (χ2v) is 9.34. The first-order valence-electron chi connectivity index (χ1n) is 8.03. The van der Waals surface area contributed by atoms with Crippen LogP contribution in [0.5, 0.6) is 0 Å². The summed E-state index contributed by atoms with van der Waals surface area (Å²) < 4.78 is 11.7. The van der Waals surface area contributed by atoms with Gasteiger partial charge in [0, 0.05) is 31.8 Å². The first-order chi connectivity index (χ1) is 11.7. The van der Waals surface area contributed by atoms with Crippen molar-refractivity contribution >= 4 is 36.9 Å². The van der Waals surface area contributed by atoms with Crippen LogP contribution in [-0.4, -0.2) is 53.1 Å². The molecule has 1 saturated heterocycles. The SMILES string of the molecule is CC1=CC2=C(Nc3ccccc3N=C2N2CCN(C)CC2)S1=S=O. The summed E-state index contributed by atoms with van der Waals surface area (Å²) in [6, 6.07) is 8.06. The van der Waals surface area contributed by atoms with Gasteiger partial charge in [-0.2, -0.15) is 0 Å². The van der Waals surface area contributed by atoms with Gasteiger partial charge in [0.05, 0.1) is 16.4 Å². The number of rotatable bonds is 0. The highest BCUT2D eigenvalue weighted by molar-refractivity contribution is 8.35. The van der Waals surface area contributed by atoms with E-state index in [9.17, 15) is 4.21 Å². The molecule has 0 saturated carbocycles. The molecule has 0 radical (unpaired) electrons. The Morgan fingerprint density at radius 1 is 1.21 bits per heavy atom. The number of para-hydroxylation sites is 2. The number of nitrogens with one attached hydrogen (secondary N) is 1. The van der Waals surface area contributed by atoms with Crippen LogP contribution in [0.25, 0.3) is 0 Å². The highest BCUT2D eigenvalue weighted by Crippen LogP contribution is 2.37. The van der Waals surface area contributed by atoms with Crippen LogP contribution >= 0.6 is 0 Å². The van der Waals surface area contributed by atoms with Crippen LogP contribution in [0, 0.1) is 0 Å². The molecule has 0 aromatic heterocycles. The molecule has 1 atom stereocenters. The molecule has 0 bridgehead atoms. The van der Waals surface area contributed by atoms with Gasteiger partial charge in [0.25, 0.3) is 0 Å². The van der Waals surface area contributed by atoms with Crippen molar-refractivity contribution < 1.29 is 4.21 Å². The lowest BCUT2D eigenvalue weighted by Gasteiger charge is -2.34. The molecule has 3 aliphatic heterocycles. The third-order valence-corrected chi connectivity index (χ3v) is 7.79. The Labute approximate surface area is 147 Å². The summed E-state index contributed by atoms with van der Waals surface area (Å²) in [5.74, 6) is 0.999. The van der Waals surface area contributed by atoms with E-state index < -0.39 is 9.45 Å². The lowest BCUT2D eigenvalue weighted by molar-refractivity contribution is 0.216. The molecule has 0 amide bonds. The van der Waals surface area contributed by atoms with Crippen LogP contribution < -0.4 is 5.32 Å². The van der Waals surface area contributed by atoms with Crippen molar-refractivity contribution in [2.45, 2.75) is 6.92 Å². The molecule has 4 rings (SSSR count). The maximum Gasteiger partial charge on any atom is 0.139 e. The maximum atomic E-state index is 11.7. The molecule has 5 nitrogen and oxygen atoms in total. The molecule has 1 N–H and O–H groups in total. The quantitative estimate of drug-likeness (QED) is 0.771. The third-order valence-electron chi connectivity index (χ3n) is 4.56. The molecular formula is C17H20N4OS2. The van der Waals surface area contributed by atoms with Crippen molar-refractivity contribution in [2.24, 2.45) is 4.99 Å². The Bertz CT molecular complexity index is 844. The van der Waals surface area contributed by atoms with E-state index in [2.05, 4.69) is 28.2 Å². The van der Waals surface area contributed by atoms with Gasteiger partial charge in [-0.15, -0.1) is 0 Å². The molecule has 0 spiro atoms. The number of fused-ring (bicyclic) bond motifs is 1. The normalized spacial score (nSPS) is 23.8. The molecule has 0 aliphatic carbocycles. The maximum absolute atomic E-state index is 11.7. The summed E-state index contributed by atoms with van der Waals surface area (Å²) in [5.41, 5.74) is 3.00. The number of allylic oxidation sites excluding steroid dienone is 1. The molecule has 1 unspecified atom stereocenters. The molecule has 1 aromatic rings. The second kappa shape index (κ2) is 6.31. The highest BCUT2D eigenvalue weighted by atomic mass is 32.8. The van der Waals surface area contributed by atoms with E-state index in [1.807, 2.05) is 31.2 Å². The molecule has 1 fully saturated rings. The second-order valence-electron chi connectivity index (χ2n) is 6.20. The minimum Gasteiger partial charge on any atom is -0.353 e. The van der Waals surface area contributed by atoms with E-state index in [4.69, 9.17) is 4.99 Å². The number of benzene rings is 1. The van der Waals surface area contributed by atoms with E-state index in [0.29, 0.717) is 10.2 Å². The Morgan fingerprint density at radius 3 is 2.71 bits per heavy atom. The number of aliphatic imine (C=N–C) groups is 1. The minimum absolute atomic E-state index is 0.473. The Kier molecular flexibility index (Phi) is 4.15. The monoisotopic (exact) mass is 360 g/mol. The standard InChI is InChI=1S/C17H20N4OS2/c1-12-11-13-16(21-9-7-20(2)8-10-21)18-14-5-3-4-6-15(14)19-17(13)24(12)23-22/h3-6,11,19H,7-10H2,1-2H3. The van der Waals surface area contributed by atoms with Crippen LogP contribution in [0.3, 0.4) is 0 Å². The van der Waals surface area contributed by atoms with Crippen LogP contribution in [0.4, 0.5) is 11.4 Å². The zero-order chi connectivity index (χ0) is 16.7. The van der Waals surface area contributed by atoms with Crippen molar-refractivity contribution in [1.29, 1.82) is 0 Å². The number of likely N-dealkylation sites (N-methyl/N-ethyl adjacent to an activating group) is 1. The van der Waals surface area contributed by atoms with Crippen molar-refractivity contribution in [3.8, 4) is 0 Å². The fourth-order valence-corrected chi connectivity index (χ4v) is 5.52. The fraction of sp³-hybridized carbons (Fsp3) is 0.353. The number of hydrogen-bond donors (Lipinski definition) is 1. The molecular weight excluding hydrogens is 340 g/mol. The van der Waals surface area contributed by atoms with E-state index in [-0.39, 0.29) is 0 Å². The van der Waals surface area contributed by atoms with Crippen molar-refractivity contribution in [3.05, 3.63) is 45.8 Å². The van der Waals surface area contributed by atoms with Gasteiger partial charge < -0.3 is 15.1 Å². The molecule has 126 valence electrons. The molecule has 24 heavy (non-hydrogen) atoms. The summed E-state index contributed by atoms with van der Waals surface area (Å²) >= 11 is 0. The van der Waals surface area contributed by atoms with Gasteiger partial charge in [0.2, 0.25) is 0 Å². The predicted molar refractivity (Wildman–Crippen MR) is 103 cm³/mol. The summed E-state index contributed by atoms with van der Waals surface area (Å²) in [5, 5.41) is 4.51. The third kappa shape index (κ3) is 2.66. The average molecular weight is 361 g/mol. The minimum atomic E-state index is -0.473. The van der Waals surface area contributed by atoms with Crippen LogP contribution in [0.1, 0.15) is 6.92 Å². The number of amidine groups is 1. The van der Waals surface area contributed by atoms with Gasteiger partial charge in [-0.25, -0.2) is 9.20 Å². The summed E-state index contributed by atoms with van der Waals surface area (Å²) in [7, 11) is 2.35. The molecule has 3 heterocycles. The van der Waals surface area contributed by atoms with Gasteiger partial charge in [0.1, 0.15) is 16.1 Å². The number of anilines is 1. The van der Waals surface area contributed by atoms with Gasteiger partial charge in [-0.05, 0) is 46.5 Å². The van der Waals surface area contributed by atoms with Crippen LogP contribution in [0.2, 0.25) is 0 Å². The highest BCUT2D eigenvalue weighted by Gasteiger charge is 2.30. The molecule has 1 aromatic carbocycles. The van der Waals surface area contributed by atoms with Gasteiger partial charge in [0.15, 0.2) is 0 Å². The Hall–Kier alpha value is -1.70. The van der Waals surface area contributed by atoms with E-state index in [1.54, 1.807) is 0 Å². The average Bonchev–Trinajstić information content (AvgIpc) is 2.80. The number of piperazine rings is 1. The van der Waals surface area contributed by atoms with Crippen molar-refractivity contribution in [3.63, 3.8) is 0 Å². The van der Waals surface area contributed by atoms with Crippen LogP contribution in [0.15, 0.2) is 50.8 Å². The van der Waals surface area contributed by atoms with E-state index in [1.165, 1.54) is 0 Å². The van der Waals surface area contributed by atoms with Crippen molar-refractivity contribution in [1.82, 2.24) is 9.80 Å². The summed E-state index contributed by atoms with van der Waals surface area (Å²) in [6.07, 6.45) is 2.14. The lowest BCUT2D eigenvalue weighted by Crippen LogP contribution is -2.47. The van der Waals surface area contributed by atoms with E-state index >= 15 is 0 Å². The Balaban J connectivity index is 1.85. The Morgan fingerprint density at radius 2 is 1.96 bits per heavy atom. The zero-order valence-corrected chi connectivity index (χ0v) is 15.4. The fourth-order valence-electron chi connectivity index (χ4n) is 3.18. The first-order valence-corrected chi connectivity index (χ1v) is 10.5. The smallest absolute Gasteiger partial charge is 0.139 e. The van der Waals surface area contributed by atoms with Gasteiger partial charge in [-0.3, -0.25) is 0 Å². The molecule has 3 aliphatic rings. The zero-order valence-electron chi connectivity index (χ0n) is 13.8. The van der Waals surface area contributed by atoms with Gasteiger partial charge in [-0.1, -0.05) is 12.1 Å². The van der Waals surface area contributed by atoms with Crippen molar-refractivity contribution in [2.75, 3.05) is 38.5 Å². The lowest BCUT2D eigenvalue weighted by atomic mass is 10.2. The number of hydrogen-bond acceptors (Lipinski definition) is 5.